The van der Waals surface area contributed by atoms with Crippen LogP contribution in [-0.4, -0.2) is 16.0 Å². The van der Waals surface area contributed by atoms with E-state index in [9.17, 15) is 0 Å². The molecule has 0 heterocycles. The topological polar surface area (TPSA) is 0 Å². The van der Waals surface area contributed by atoms with Crippen LogP contribution in [0.1, 0.15) is 25.0 Å². The van der Waals surface area contributed by atoms with Crippen molar-refractivity contribution in [3.8, 4) is 0 Å². The van der Waals surface area contributed by atoms with Gasteiger partial charge in [0.15, 0.2) is 0 Å². The van der Waals surface area contributed by atoms with E-state index in [1.165, 1.54) is 64.1 Å². The number of fused-ring (bicyclic) bond motifs is 6. The van der Waals surface area contributed by atoms with E-state index in [0.29, 0.717) is 0 Å². The Kier molecular flexibility index (Phi) is 11.0. The Morgan fingerprint density at radius 1 is 0.588 bits per heavy atom. The molecule has 6 aromatic carbocycles. The van der Waals surface area contributed by atoms with Crippen LogP contribution in [0, 0.1) is 20.3 Å². The summed E-state index contributed by atoms with van der Waals surface area (Å²) in [6.07, 6.45) is 6.53. The fourth-order valence-electron chi connectivity index (χ4n) is 4.23. The van der Waals surface area contributed by atoms with Gasteiger partial charge in [0.2, 0.25) is 0 Å². The second-order valence-corrected chi connectivity index (χ2v) is 8.22. The number of rotatable bonds is 0. The van der Waals surface area contributed by atoms with Gasteiger partial charge >= 0.3 is 26.2 Å². The van der Waals surface area contributed by atoms with Crippen LogP contribution in [0.15, 0.2) is 97.1 Å². The molecule has 0 aliphatic carbocycles. The first-order valence-corrected chi connectivity index (χ1v) is 12.2. The Bertz CT molecular complexity index is 1360. The number of hydrogen-bond acceptors (Lipinski definition) is 0. The molecule has 34 heavy (non-hydrogen) atoms. The molecule has 0 saturated heterocycles. The van der Waals surface area contributed by atoms with Crippen LogP contribution in [0.5, 0.6) is 0 Å². The van der Waals surface area contributed by atoms with Gasteiger partial charge in [0.1, 0.15) is 0 Å². The van der Waals surface area contributed by atoms with Crippen LogP contribution in [-0.2, 0) is 26.2 Å². The molecule has 0 fully saturated rings. The standard InChI is InChI=1S/2C14H11.C3H7.CH3Si.Zr/c2*1-10-8-12-7-6-11-4-2-3-5-13(11)14(12)9-10;1-3-2;1-2;/h2*2-9H,1H3;3H,1-2H3;1H,2H2;/q4*-1;+4. The van der Waals surface area contributed by atoms with Gasteiger partial charge in [-0.1, -0.05) is 96.1 Å². The smallest absolute Gasteiger partial charge is 0.533 e. The van der Waals surface area contributed by atoms with Crippen molar-refractivity contribution < 1.29 is 26.2 Å². The normalized spacial score (nSPS) is 9.88. The number of aryl methyl sites for hydroxylation is 2. The molecule has 6 aromatic rings. The van der Waals surface area contributed by atoms with Gasteiger partial charge in [0, 0.05) is 0 Å². The molecule has 0 nitrogen and oxygen atoms in total. The summed E-state index contributed by atoms with van der Waals surface area (Å²) in [4.78, 5) is 0. The van der Waals surface area contributed by atoms with E-state index in [-0.39, 0.29) is 26.2 Å². The third-order valence-electron chi connectivity index (χ3n) is 5.52. The summed E-state index contributed by atoms with van der Waals surface area (Å²) in [6, 6.07) is 34.9. The van der Waals surface area contributed by atoms with Gasteiger partial charge in [-0.3, -0.25) is 0 Å². The number of hydrogen-bond donors (Lipinski definition) is 0. The Labute approximate surface area is 226 Å². The molecular formula is C32H32SiZr. The monoisotopic (exact) mass is 534 g/mol. The van der Waals surface area contributed by atoms with Crippen molar-refractivity contribution in [2.75, 3.05) is 0 Å². The second-order valence-electron chi connectivity index (χ2n) is 8.22. The van der Waals surface area contributed by atoms with E-state index >= 15 is 0 Å². The molecule has 0 aliphatic heterocycles. The zero-order valence-corrected chi connectivity index (χ0v) is 24.5. The summed E-state index contributed by atoms with van der Waals surface area (Å²) in [6.45, 7) is 8.30. The Hall–Kier alpha value is -2.41. The maximum atomic E-state index is 4.53. The van der Waals surface area contributed by atoms with Gasteiger partial charge in [0.05, 0.1) is 0 Å². The van der Waals surface area contributed by atoms with Gasteiger partial charge < -0.3 is 12.6 Å². The zero-order valence-electron chi connectivity index (χ0n) is 20.6. The van der Waals surface area contributed by atoms with Crippen LogP contribution in [0.3, 0.4) is 0 Å². The van der Waals surface area contributed by atoms with E-state index in [0.717, 1.165) is 0 Å². The molecule has 0 aromatic heterocycles. The number of benzene rings is 4. The van der Waals surface area contributed by atoms with Crippen LogP contribution in [0.4, 0.5) is 0 Å². The van der Waals surface area contributed by atoms with E-state index in [2.05, 4.69) is 117 Å². The molecule has 168 valence electrons. The molecule has 0 spiro atoms. The van der Waals surface area contributed by atoms with Crippen molar-refractivity contribution in [3.05, 3.63) is 115 Å². The van der Waals surface area contributed by atoms with E-state index in [1.54, 1.807) is 0 Å². The van der Waals surface area contributed by atoms with E-state index in [1.807, 2.05) is 20.3 Å². The van der Waals surface area contributed by atoms with E-state index < -0.39 is 0 Å². The Morgan fingerprint density at radius 2 is 0.912 bits per heavy atom. The first kappa shape index (κ1) is 27.8. The molecule has 0 aliphatic rings. The van der Waals surface area contributed by atoms with Gasteiger partial charge in [-0.15, -0.1) is 56.9 Å². The summed E-state index contributed by atoms with van der Waals surface area (Å²) < 4.78 is 0. The molecule has 0 amide bonds. The molecule has 6 rings (SSSR count). The van der Waals surface area contributed by atoms with Crippen molar-refractivity contribution in [2.45, 2.75) is 27.7 Å². The predicted octanol–water partition coefficient (Wildman–Crippen LogP) is 8.20. The van der Waals surface area contributed by atoms with Gasteiger partial charge in [0.25, 0.3) is 0 Å². The van der Waals surface area contributed by atoms with Crippen LogP contribution < -0.4 is 0 Å². The molecule has 2 heteroatoms. The summed E-state index contributed by atoms with van der Waals surface area (Å²) >= 11 is 0. The third-order valence-corrected chi connectivity index (χ3v) is 5.52. The molecular weight excluding hydrogens is 504 g/mol. The van der Waals surface area contributed by atoms with Crippen LogP contribution in [0.2, 0.25) is 0 Å². The zero-order chi connectivity index (χ0) is 23.8. The molecule has 0 radical (unpaired) electrons. The fraction of sp³-hybridized carbons (Fsp3) is 0.125. The molecule has 0 atom stereocenters. The molecule has 0 saturated carbocycles. The average molecular weight is 536 g/mol. The maximum Gasteiger partial charge on any atom is 4.00 e. The third kappa shape index (κ3) is 6.38. The second kappa shape index (κ2) is 13.5. The average Bonchev–Trinajstić information content (AvgIpc) is 3.42. The quantitative estimate of drug-likeness (QED) is 0.136. The van der Waals surface area contributed by atoms with Crippen molar-refractivity contribution in [2.24, 2.45) is 0 Å². The molecule has 0 unspecified atom stereocenters. The Morgan fingerprint density at radius 3 is 1.29 bits per heavy atom. The van der Waals surface area contributed by atoms with Gasteiger partial charge in [-0.25, -0.2) is 9.85 Å². The minimum atomic E-state index is 0. The summed E-state index contributed by atoms with van der Waals surface area (Å²) in [5.74, 6) is 0. The summed E-state index contributed by atoms with van der Waals surface area (Å²) in [5, 5.41) is 10.8. The summed E-state index contributed by atoms with van der Waals surface area (Å²) in [5.41, 5.74) is 2.69. The van der Waals surface area contributed by atoms with Gasteiger partial charge in [-0.2, -0.15) is 26.0 Å². The maximum absolute atomic E-state index is 4.53. The van der Waals surface area contributed by atoms with E-state index in [4.69, 9.17) is 0 Å². The van der Waals surface area contributed by atoms with Crippen molar-refractivity contribution in [1.29, 1.82) is 0 Å². The van der Waals surface area contributed by atoms with Gasteiger partial charge in [-0.05, 0) is 0 Å². The first-order chi connectivity index (χ1) is 16.1. The minimum absolute atomic E-state index is 0. The summed E-state index contributed by atoms with van der Waals surface area (Å²) in [7, 11) is 1.36. The largest absolute Gasteiger partial charge is 4.00 e. The van der Waals surface area contributed by atoms with Crippen LogP contribution in [0.25, 0.3) is 43.1 Å². The van der Waals surface area contributed by atoms with Crippen molar-refractivity contribution in [1.82, 2.24) is 0 Å². The molecule has 0 N–H and O–H groups in total. The fourth-order valence-corrected chi connectivity index (χ4v) is 4.23. The van der Waals surface area contributed by atoms with Crippen LogP contribution >= 0.6 is 0 Å². The minimum Gasteiger partial charge on any atom is -0.533 e. The van der Waals surface area contributed by atoms with Crippen molar-refractivity contribution >= 4 is 59.1 Å². The predicted molar refractivity (Wildman–Crippen MR) is 154 cm³/mol. The molecule has 0 bridgehead atoms. The SMILES string of the molecule is C[CH-]C.Cc1cc2ccc3ccccc3c2[cH-]1.Cc1cc2ccc3ccccc3c2[cH-]1.[CH-]=[SiH2].[Zr+4]. The van der Waals surface area contributed by atoms with Crippen molar-refractivity contribution in [3.63, 3.8) is 0 Å². The first-order valence-electron chi connectivity index (χ1n) is 11.3. The Balaban J connectivity index is 0.000000198.